The molecule has 3 aromatic carbocycles. The average Bonchev–Trinajstić information content (AvgIpc) is 2.69. The van der Waals surface area contributed by atoms with Crippen molar-refractivity contribution in [2.24, 2.45) is 0 Å². The van der Waals surface area contributed by atoms with E-state index >= 15 is 0 Å². The average molecular weight is 338 g/mol. The smallest absolute Gasteiger partial charge is 0.197 e. The first-order chi connectivity index (χ1) is 12.7. The summed E-state index contributed by atoms with van der Waals surface area (Å²) in [6.07, 6.45) is 0. The van der Waals surface area contributed by atoms with E-state index < -0.39 is 0 Å². The number of pyridine rings is 2. The summed E-state index contributed by atoms with van der Waals surface area (Å²) in [5.41, 5.74) is 4.03. The molecule has 0 atom stereocenters. The molecule has 0 aliphatic heterocycles. The Morgan fingerprint density at radius 3 is 1.96 bits per heavy atom. The summed E-state index contributed by atoms with van der Waals surface area (Å²) in [7, 11) is 0. The standard InChI is InChI=1S/C13H9NO.C10H9N/c15-13-9-5-1-3-7-11(9)14-12-8-4-2-6-10(12)13;1-8-6-7-9-4-2-3-5-10(9)11-8/h1-8H,(H,14,15);2-7H,1H3. The van der Waals surface area contributed by atoms with Gasteiger partial charge in [-0.25, -0.2) is 0 Å². The van der Waals surface area contributed by atoms with Gasteiger partial charge >= 0.3 is 0 Å². The highest BCUT2D eigenvalue weighted by molar-refractivity contribution is 5.92. The lowest BCUT2D eigenvalue weighted by molar-refractivity contribution is 1.26. The molecule has 0 aliphatic carbocycles. The van der Waals surface area contributed by atoms with Gasteiger partial charge in [-0.2, -0.15) is 0 Å². The lowest BCUT2D eigenvalue weighted by atomic mass is 10.1. The van der Waals surface area contributed by atoms with E-state index in [-0.39, 0.29) is 5.43 Å². The number of rotatable bonds is 0. The Kier molecular flexibility index (Phi) is 4.20. The Bertz CT molecular complexity index is 1210. The van der Waals surface area contributed by atoms with Crippen LogP contribution in [0.2, 0.25) is 0 Å². The predicted molar refractivity (Wildman–Crippen MR) is 109 cm³/mol. The molecule has 0 saturated carbocycles. The highest BCUT2D eigenvalue weighted by atomic mass is 16.1. The molecule has 3 heteroatoms. The van der Waals surface area contributed by atoms with Crippen LogP contribution in [0.3, 0.4) is 0 Å². The van der Waals surface area contributed by atoms with Gasteiger partial charge in [0.05, 0.1) is 5.52 Å². The van der Waals surface area contributed by atoms with Crippen molar-refractivity contribution in [3.8, 4) is 0 Å². The summed E-state index contributed by atoms with van der Waals surface area (Å²) in [5, 5.41) is 2.70. The van der Waals surface area contributed by atoms with Gasteiger partial charge in [-0.1, -0.05) is 48.5 Å². The first kappa shape index (κ1) is 16.0. The van der Waals surface area contributed by atoms with E-state index in [1.54, 1.807) is 0 Å². The number of hydrogen-bond acceptors (Lipinski definition) is 2. The van der Waals surface area contributed by atoms with Crippen molar-refractivity contribution in [1.29, 1.82) is 0 Å². The summed E-state index contributed by atoms with van der Waals surface area (Å²) in [6, 6.07) is 27.4. The van der Waals surface area contributed by atoms with E-state index in [2.05, 4.69) is 22.1 Å². The lowest BCUT2D eigenvalue weighted by Gasteiger charge is -2.01. The van der Waals surface area contributed by atoms with Gasteiger partial charge in [0.15, 0.2) is 5.43 Å². The van der Waals surface area contributed by atoms with Gasteiger partial charge in [-0.3, -0.25) is 9.78 Å². The van der Waals surface area contributed by atoms with E-state index in [9.17, 15) is 4.79 Å². The van der Waals surface area contributed by atoms with Crippen LogP contribution in [0.4, 0.5) is 0 Å². The molecule has 2 heterocycles. The Balaban J connectivity index is 0.000000136. The van der Waals surface area contributed by atoms with Crippen molar-refractivity contribution in [2.45, 2.75) is 6.92 Å². The predicted octanol–water partition coefficient (Wildman–Crippen LogP) is 5.22. The number of nitrogens with one attached hydrogen (secondary N) is 1. The van der Waals surface area contributed by atoms with E-state index in [4.69, 9.17) is 0 Å². The van der Waals surface area contributed by atoms with Gasteiger partial charge in [0.1, 0.15) is 0 Å². The largest absolute Gasteiger partial charge is 0.354 e. The first-order valence-electron chi connectivity index (χ1n) is 8.54. The minimum absolute atomic E-state index is 0.0972. The van der Waals surface area contributed by atoms with Gasteiger partial charge in [-0.15, -0.1) is 0 Å². The molecule has 0 saturated heterocycles. The number of aromatic amines is 1. The summed E-state index contributed by atoms with van der Waals surface area (Å²) in [4.78, 5) is 19.7. The molecule has 0 spiro atoms. The molecule has 0 unspecified atom stereocenters. The molecule has 5 rings (SSSR count). The second-order valence-corrected chi connectivity index (χ2v) is 6.19. The van der Waals surface area contributed by atoms with Crippen LogP contribution in [0.1, 0.15) is 5.69 Å². The van der Waals surface area contributed by atoms with Gasteiger partial charge in [0.25, 0.3) is 0 Å². The zero-order valence-electron chi connectivity index (χ0n) is 14.4. The van der Waals surface area contributed by atoms with Crippen LogP contribution in [0.15, 0.2) is 89.7 Å². The van der Waals surface area contributed by atoms with E-state index in [1.165, 1.54) is 5.39 Å². The first-order valence-corrected chi connectivity index (χ1v) is 8.54. The zero-order chi connectivity index (χ0) is 17.9. The van der Waals surface area contributed by atoms with E-state index in [1.807, 2.05) is 79.7 Å². The van der Waals surface area contributed by atoms with E-state index in [0.717, 1.165) is 33.0 Å². The molecule has 0 bridgehead atoms. The Hall–Kier alpha value is -3.46. The maximum Gasteiger partial charge on any atom is 0.197 e. The molecule has 0 aliphatic rings. The Labute approximate surface area is 151 Å². The molecule has 0 fully saturated rings. The Morgan fingerprint density at radius 1 is 0.692 bits per heavy atom. The molecule has 2 aromatic heterocycles. The minimum atomic E-state index is 0.0972. The quantitative estimate of drug-likeness (QED) is 0.393. The van der Waals surface area contributed by atoms with Crippen LogP contribution in [0, 0.1) is 6.92 Å². The van der Waals surface area contributed by atoms with Crippen LogP contribution < -0.4 is 5.43 Å². The second kappa shape index (κ2) is 6.81. The van der Waals surface area contributed by atoms with Crippen molar-refractivity contribution in [3.63, 3.8) is 0 Å². The van der Waals surface area contributed by atoms with Crippen LogP contribution in [0.5, 0.6) is 0 Å². The highest BCUT2D eigenvalue weighted by Gasteiger charge is 2.02. The maximum atomic E-state index is 12.1. The summed E-state index contributed by atoms with van der Waals surface area (Å²) < 4.78 is 0. The van der Waals surface area contributed by atoms with Crippen LogP contribution in [0.25, 0.3) is 32.7 Å². The fourth-order valence-electron chi connectivity index (χ4n) is 3.04. The number of H-pyrrole nitrogens is 1. The topological polar surface area (TPSA) is 45.8 Å². The van der Waals surface area contributed by atoms with Gasteiger partial charge in [-0.05, 0) is 43.3 Å². The van der Waals surface area contributed by atoms with Crippen molar-refractivity contribution in [2.75, 3.05) is 0 Å². The summed E-state index contributed by atoms with van der Waals surface area (Å²) in [6.45, 7) is 2.01. The number of hydrogen-bond donors (Lipinski definition) is 1. The van der Waals surface area contributed by atoms with Crippen molar-refractivity contribution < 1.29 is 0 Å². The van der Waals surface area contributed by atoms with Crippen molar-refractivity contribution in [3.05, 3.63) is 101 Å². The summed E-state index contributed by atoms with van der Waals surface area (Å²) >= 11 is 0. The fraction of sp³-hybridized carbons (Fsp3) is 0.0435. The third kappa shape index (κ3) is 3.07. The molecular weight excluding hydrogens is 320 g/mol. The molecule has 0 amide bonds. The number of para-hydroxylation sites is 3. The highest BCUT2D eigenvalue weighted by Crippen LogP contribution is 2.13. The van der Waals surface area contributed by atoms with Crippen LogP contribution in [-0.4, -0.2) is 9.97 Å². The molecule has 3 nitrogen and oxygen atoms in total. The maximum absolute atomic E-state index is 12.1. The number of aromatic nitrogens is 2. The summed E-state index contributed by atoms with van der Waals surface area (Å²) in [5.74, 6) is 0. The Morgan fingerprint density at radius 2 is 1.27 bits per heavy atom. The van der Waals surface area contributed by atoms with Crippen LogP contribution in [-0.2, 0) is 0 Å². The van der Waals surface area contributed by atoms with E-state index in [0.29, 0.717) is 0 Å². The second-order valence-electron chi connectivity index (χ2n) is 6.19. The molecule has 0 radical (unpaired) electrons. The molecule has 5 aromatic rings. The monoisotopic (exact) mass is 338 g/mol. The minimum Gasteiger partial charge on any atom is -0.354 e. The normalized spacial score (nSPS) is 10.7. The fourth-order valence-corrected chi connectivity index (χ4v) is 3.04. The molecule has 26 heavy (non-hydrogen) atoms. The third-order valence-electron chi connectivity index (χ3n) is 4.35. The number of nitrogens with zero attached hydrogens (tertiary/aromatic N) is 1. The number of benzene rings is 3. The third-order valence-corrected chi connectivity index (χ3v) is 4.35. The van der Waals surface area contributed by atoms with Crippen LogP contribution >= 0.6 is 0 Å². The van der Waals surface area contributed by atoms with Gasteiger partial charge in [0, 0.05) is 32.9 Å². The van der Waals surface area contributed by atoms with Crippen molar-refractivity contribution >= 4 is 32.7 Å². The zero-order valence-corrected chi connectivity index (χ0v) is 14.4. The molecule has 126 valence electrons. The molecular formula is C23H18N2O. The number of aryl methyl sites for hydroxylation is 1. The van der Waals surface area contributed by atoms with Gasteiger partial charge in [0.2, 0.25) is 0 Å². The van der Waals surface area contributed by atoms with Crippen molar-refractivity contribution in [1.82, 2.24) is 9.97 Å². The molecule has 1 N–H and O–H groups in total. The number of fused-ring (bicyclic) bond motifs is 3. The SMILES string of the molecule is Cc1ccc2ccccc2n1.O=c1c2ccccc2[nH]c2ccccc12. The van der Waals surface area contributed by atoms with Gasteiger partial charge < -0.3 is 4.98 Å². The lowest BCUT2D eigenvalue weighted by Crippen LogP contribution is -2.03.